The number of nitrogens with zero attached hydrogens (tertiary/aromatic N) is 1. The summed E-state index contributed by atoms with van der Waals surface area (Å²) in [5.74, 6) is -0.145. The van der Waals surface area contributed by atoms with E-state index in [9.17, 15) is 9.59 Å². The monoisotopic (exact) mass is 312 g/mol. The number of halogens is 1. The standard InChI is InChI=1S/C15H22ClN3O2/c1-11(2)19(4)15(21)10-18(3)9-14(20)17-13-8-6-5-7-12(13)16/h5-8,11H,9-10H2,1-4H3,(H,17,20)/p+1. The van der Waals surface area contributed by atoms with Gasteiger partial charge in [-0.15, -0.1) is 0 Å². The number of nitrogens with one attached hydrogen (secondary N) is 2. The Labute approximate surface area is 130 Å². The molecular formula is C15H23ClN3O2+. The second-order valence-corrected chi connectivity index (χ2v) is 5.84. The molecule has 0 bridgehead atoms. The van der Waals surface area contributed by atoms with Crippen LogP contribution in [0.2, 0.25) is 5.02 Å². The van der Waals surface area contributed by atoms with Gasteiger partial charge in [-0.1, -0.05) is 23.7 Å². The van der Waals surface area contributed by atoms with Gasteiger partial charge in [0.25, 0.3) is 11.8 Å². The van der Waals surface area contributed by atoms with E-state index in [0.29, 0.717) is 10.7 Å². The molecule has 21 heavy (non-hydrogen) atoms. The molecule has 1 rings (SSSR count). The molecule has 116 valence electrons. The number of hydrogen-bond acceptors (Lipinski definition) is 2. The van der Waals surface area contributed by atoms with Crippen LogP contribution < -0.4 is 10.2 Å². The van der Waals surface area contributed by atoms with Gasteiger partial charge in [-0.2, -0.15) is 0 Å². The molecule has 0 spiro atoms. The van der Waals surface area contributed by atoms with Crippen molar-refractivity contribution in [1.29, 1.82) is 0 Å². The fourth-order valence-electron chi connectivity index (χ4n) is 1.76. The Kier molecular flexibility index (Phi) is 6.65. The van der Waals surface area contributed by atoms with Crippen molar-refractivity contribution in [3.05, 3.63) is 29.3 Å². The van der Waals surface area contributed by atoms with Crippen LogP contribution in [-0.2, 0) is 9.59 Å². The number of benzene rings is 1. The molecule has 1 atom stereocenters. The number of rotatable bonds is 6. The van der Waals surface area contributed by atoms with Gasteiger partial charge in [0.1, 0.15) is 0 Å². The molecule has 0 saturated carbocycles. The van der Waals surface area contributed by atoms with E-state index in [-0.39, 0.29) is 30.9 Å². The van der Waals surface area contributed by atoms with E-state index in [0.717, 1.165) is 4.90 Å². The molecular weight excluding hydrogens is 290 g/mol. The van der Waals surface area contributed by atoms with Crippen molar-refractivity contribution in [3.63, 3.8) is 0 Å². The molecule has 5 nitrogen and oxygen atoms in total. The number of hydrogen-bond donors (Lipinski definition) is 2. The van der Waals surface area contributed by atoms with Gasteiger partial charge in [0, 0.05) is 13.1 Å². The Morgan fingerprint density at radius 3 is 2.48 bits per heavy atom. The lowest BCUT2D eigenvalue weighted by molar-refractivity contribution is -0.862. The average molecular weight is 313 g/mol. The molecule has 0 aliphatic carbocycles. The van der Waals surface area contributed by atoms with Gasteiger partial charge in [-0.05, 0) is 26.0 Å². The van der Waals surface area contributed by atoms with E-state index in [1.807, 2.05) is 20.9 Å². The maximum Gasteiger partial charge on any atom is 0.279 e. The van der Waals surface area contributed by atoms with Crippen molar-refractivity contribution in [2.75, 3.05) is 32.5 Å². The summed E-state index contributed by atoms with van der Waals surface area (Å²) in [6, 6.07) is 7.22. The smallest absolute Gasteiger partial charge is 0.279 e. The fraction of sp³-hybridized carbons (Fsp3) is 0.467. The van der Waals surface area contributed by atoms with Crippen LogP contribution in [0.15, 0.2) is 24.3 Å². The number of likely N-dealkylation sites (N-methyl/N-ethyl adjacent to an activating group) is 2. The summed E-state index contributed by atoms with van der Waals surface area (Å²) in [6.45, 7) is 4.40. The van der Waals surface area contributed by atoms with Gasteiger partial charge in [0.05, 0.1) is 17.8 Å². The first-order chi connectivity index (χ1) is 9.81. The quantitative estimate of drug-likeness (QED) is 0.811. The van der Waals surface area contributed by atoms with Crippen LogP contribution >= 0.6 is 11.6 Å². The van der Waals surface area contributed by atoms with Crippen molar-refractivity contribution in [1.82, 2.24) is 4.90 Å². The number of carbonyl (C=O) groups is 2. The van der Waals surface area contributed by atoms with Crippen molar-refractivity contribution >= 4 is 29.1 Å². The van der Waals surface area contributed by atoms with Gasteiger partial charge in [-0.25, -0.2) is 0 Å². The lowest BCUT2D eigenvalue weighted by atomic mass is 10.3. The Bertz CT molecular complexity index is 505. The molecule has 6 heteroatoms. The van der Waals surface area contributed by atoms with Crippen LogP contribution in [0.1, 0.15) is 13.8 Å². The highest BCUT2D eigenvalue weighted by molar-refractivity contribution is 6.33. The SMILES string of the molecule is CC(C)N(C)C(=O)C[NH+](C)CC(=O)Nc1ccccc1Cl. The molecule has 0 aliphatic heterocycles. The third-order valence-corrected chi connectivity index (χ3v) is 3.56. The highest BCUT2D eigenvalue weighted by Gasteiger charge is 2.19. The maximum absolute atomic E-state index is 11.9. The first-order valence-corrected chi connectivity index (χ1v) is 7.30. The van der Waals surface area contributed by atoms with E-state index in [1.54, 1.807) is 36.2 Å². The predicted octanol–water partition coefficient (Wildman–Crippen LogP) is 0.660. The third-order valence-electron chi connectivity index (χ3n) is 3.23. The van der Waals surface area contributed by atoms with Crippen molar-refractivity contribution < 1.29 is 14.5 Å². The van der Waals surface area contributed by atoms with Crippen molar-refractivity contribution in [3.8, 4) is 0 Å². The third kappa shape index (κ3) is 5.73. The van der Waals surface area contributed by atoms with E-state index < -0.39 is 0 Å². The molecule has 1 unspecified atom stereocenters. The Morgan fingerprint density at radius 1 is 1.29 bits per heavy atom. The lowest BCUT2D eigenvalue weighted by Crippen LogP contribution is -3.11. The largest absolute Gasteiger partial charge is 0.338 e. The molecule has 0 radical (unpaired) electrons. The highest BCUT2D eigenvalue weighted by atomic mass is 35.5. The van der Waals surface area contributed by atoms with Crippen LogP contribution in [0.5, 0.6) is 0 Å². The van der Waals surface area contributed by atoms with Gasteiger partial charge >= 0.3 is 0 Å². The molecule has 2 N–H and O–H groups in total. The number of carbonyl (C=O) groups excluding carboxylic acids is 2. The number of para-hydroxylation sites is 1. The Morgan fingerprint density at radius 2 is 1.90 bits per heavy atom. The summed E-state index contributed by atoms with van der Waals surface area (Å²) in [7, 11) is 3.59. The maximum atomic E-state index is 11.9. The van der Waals surface area contributed by atoms with Gasteiger partial charge < -0.3 is 15.1 Å². The predicted molar refractivity (Wildman–Crippen MR) is 84.6 cm³/mol. The topological polar surface area (TPSA) is 53.9 Å². The molecule has 0 fully saturated rings. The average Bonchev–Trinajstić information content (AvgIpc) is 2.39. The zero-order valence-corrected chi connectivity index (χ0v) is 13.7. The number of quaternary nitrogens is 1. The zero-order chi connectivity index (χ0) is 16.0. The molecule has 0 saturated heterocycles. The normalized spacial score (nSPS) is 12.1. The molecule has 1 aromatic rings. The molecule has 2 amide bonds. The first kappa shape index (κ1) is 17.5. The summed E-state index contributed by atoms with van der Waals surface area (Å²) in [6.07, 6.45) is 0. The highest BCUT2D eigenvalue weighted by Crippen LogP contribution is 2.19. The fourth-order valence-corrected chi connectivity index (χ4v) is 1.95. The second-order valence-electron chi connectivity index (χ2n) is 5.44. The van der Waals surface area contributed by atoms with Crippen LogP contribution in [0.25, 0.3) is 0 Å². The summed E-state index contributed by atoms with van der Waals surface area (Å²) in [4.78, 5) is 26.4. The van der Waals surface area contributed by atoms with Crippen molar-refractivity contribution in [2.24, 2.45) is 0 Å². The van der Waals surface area contributed by atoms with Crippen LogP contribution in [-0.4, -0.2) is 49.9 Å². The number of anilines is 1. The Balaban J connectivity index is 2.48. The lowest BCUT2D eigenvalue weighted by Gasteiger charge is -2.23. The molecule has 0 aliphatic rings. The van der Waals surface area contributed by atoms with Crippen LogP contribution in [0.3, 0.4) is 0 Å². The van der Waals surface area contributed by atoms with Crippen molar-refractivity contribution in [2.45, 2.75) is 19.9 Å². The molecule has 0 aromatic heterocycles. The summed E-state index contributed by atoms with van der Waals surface area (Å²) in [5.41, 5.74) is 0.586. The molecule has 1 aromatic carbocycles. The van der Waals surface area contributed by atoms with Crippen LogP contribution in [0, 0.1) is 0 Å². The van der Waals surface area contributed by atoms with Crippen LogP contribution in [0.4, 0.5) is 5.69 Å². The van der Waals surface area contributed by atoms with E-state index in [4.69, 9.17) is 11.6 Å². The minimum Gasteiger partial charge on any atom is -0.338 e. The minimum atomic E-state index is -0.166. The van der Waals surface area contributed by atoms with E-state index in [1.165, 1.54) is 0 Å². The molecule has 0 heterocycles. The zero-order valence-electron chi connectivity index (χ0n) is 12.9. The summed E-state index contributed by atoms with van der Waals surface area (Å²) in [5, 5.41) is 3.25. The minimum absolute atomic E-state index is 0.0213. The van der Waals surface area contributed by atoms with E-state index in [2.05, 4.69) is 5.32 Å². The Hall–Kier alpha value is -1.59. The van der Waals surface area contributed by atoms with Gasteiger partial charge in [0.2, 0.25) is 0 Å². The second kappa shape index (κ2) is 8.00. The first-order valence-electron chi connectivity index (χ1n) is 6.92. The number of amides is 2. The summed E-state index contributed by atoms with van der Waals surface area (Å²) < 4.78 is 0. The van der Waals surface area contributed by atoms with Gasteiger partial charge in [-0.3, -0.25) is 9.59 Å². The van der Waals surface area contributed by atoms with E-state index >= 15 is 0 Å². The van der Waals surface area contributed by atoms with Gasteiger partial charge in [0.15, 0.2) is 13.1 Å². The summed E-state index contributed by atoms with van der Waals surface area (Å²) >= 11 is 5.98.